The lowest BCUT2D eigenvalue weighted by molar-refractivity contribution is -0.174. The van der Waals surface area contributed by atoms with Gasteiger partial charge in [-0.1, -0.05) is 6.07 Å². The first-order valence-corrected chi connectivity index (χ1v) is 6.00. The number of aromatic carboxylic acids is 1. The van der Waals surface area contributed by atoms with E-state index in [1.165, 1.54) is 19.9 Å². The minimum Gasteiger partial charge on any atom is -0.507 e. The number of esters is 1. The van der Waals surface area contributed by atoms with Gasteiger partial charge >= 0.3 is 17.9 Å². The number of carboxylic acids is 1. The van der Waals surface area contributed by atoms with Gasteiger partial charge in [0.2, 0.25) is 0 Å². The summed E-state index contributed by atoms with van der Waals surface area (Å²) in [7, 11) is 0. The molecule has 0 radical (unpaired) electrons. The molecule has 0 saturated heterocycles. The number of rotatable bonds is 5. The monoisotopic (exact) mass is 303 g/mol. The maximum absolute atomic E-state index is 13.9. The largest absolute Gasteiger partial charge is 0.507 e. The molecule has 0 amide bonds. The van der Waals surface area contributed by atoms with Gasteiger partial charge in [-0.3, -0.25) is 0 Å². The van der Waals surface area contributed by atoms with Crippen LogP contribution in [-0.4, -0.2) is 34.7 Å². The van der Waals surface area contributed by atoms with Crippen LogP contribution in [0.15, 0.2) is 12.1 Å². The zero-order valence-corrected chi connectivity index (χ0v) is 11.4. The lowest BCUT2D eigenvalue weighted by Gasteiger charge is -2.24. The number of nitrogens with two attached hydrogens (primary N) is 1. The number of benzene rings is 1. The zero-order valence-electron chi connectivity index (χ0n) is 11.4. The van der Waals surface area contributed by atoms with Gasteiger partial charge < -0.3 is 20.7 Å². The Balaban J connectivity index is 3.41. The maximum Gasteiger partial charge on any atom is 0.379 e. The van der Waals surface area contributed by atoms with Gasteiger partial charge in [0.1, 0.15) is 11.8 Å². The molecule has 116 valence electrons. The summed E-state index contributed by atoms with van der Waals surface area (Å²) >= 11 is 0. The molecule has 1 aromatic rings. The molecule has 0 aliphatic heterocycles. The highest BCUT2D eigenvalue weighted by Crippen LogP contribution is 2.38. The van der Waals surface area contributed by atoms with Gasteiger partial charge in [0.05, 0.1) is 12.2 Å². The molecule has 1 rings (SSSR count). The number of phenolic OH excluding ortho intramolecular Hbond substituents is 1. The average Bonchev–Trinajstić information content (AvgIpc) is 2.40. The van der Waals surface area contributed by atoms with E-state index in [1.54, 1.807) is 0 Å². The highest BCUT2D eigenvalue weighted by molar-refractivity contribution is 5.91. The van der Waals surface area contributed by atoms with Gasteiger partial charge in [-0.2, -0.15) is 8.78 Å². The molecule has 0 fully saturated rings. The van der Waals surface area contributed by atoms with E-state index in [-0.39, 0.29) is 12.2 Å². The molecule has 0 aliphatic rings. The second-order valence-corrected chi connectivity index (χ2v) is 4.32. The van der Waals surface area contributed by atoms with E-state index in [0.717, 1.165) is 6.07 Å². The number of carbonyl (C=O) groups is 2. The fourth-order valence-corrected chi connectivity index (χ4v) is 1.75. The number of halogens is 2. The zero-order chi connectivity index (χ0) is 16.4. The van der Waals surface area contributed by atoms with Crippen molar-refractivity contribution in [3.63, 3.8) is 0 Å². The molecular formula is C13H15F2NO5. The normalized spacial score (nSPS) is 12.8. The number of hydrogen-bond donors (Lipinski definition) is 3. The molecular weight excluding hydrogens is 288 g/mol. The molecule has 0 aliphatic carbocycles. The number of hydrogen-bond acceptors (Lipinski definition) is 5. The van der Waals surface area contributed by atoms with Crippen molar-refractivity contribution in [2.24, 2.45) is 5.73 Å². The Hall–Kier alpha value is -2.22. The third-order valence-corrected chi connectivity index (χ3v) is 2.90. The molecule has 0 aromatic heterocycles. The highest BCUT2D eigenvalue weighted by Gasteiger charge is 2.49. The standard InChI is InChI=1S/C13H15F2NO5/c1-3-21-12(20)13(14,15)10(16)8-7(11(18)19)5-4-6(2)9(8)17/h4-5,10,17H,3,16H2,1-2H3,(H,18,19)/t10-/m0/s1. The summed E-state index contributed by atoms with van der Waals surface area (Å²) in [5, 5.41) is 18.9. The minimum atomic E-state index is -4.18. The SMILES string of the molecule is CCOC(=O)C(F)(F)[C@@H](N)c1c(C(=O)O)ccc(C)c1O. The molecule has 8 heteroatoms. The summed E-state index contributed by atoms with van der Waals surface area (Å²) in [6.45, 7) is 2.44. The Morgan fingerprint density at radius 3 is 2.48 bits per heavy atom. The van der Waals surface area contributed by atoms with Crippen LogP contribution in [0.1, 0.15) is 34.5 Å². The topological polar surface area (TPSA) is 110 Å². The van der Waals surface area contributed by atoms with Crippen LogP contribution in [0.3, 0.4) is 0 Å². The number of aromatic hydroxyl groups is 1. The van der Waals surface area contributed by atoms with Gasteiger partial charge in [0, 0.05) is 5.56 Å². The number of carbonyl (C=O) groups excluding carboxylic acids is 1. The summed E-state index contributed by atoms with van der Waals surface area (Å²) in [5.41, 5.74) is 4.19. The van der Waals surface area contributed by atoms with E-state index in [2.05, 4.69) is 4.74 Å². The van der Waals surface area contributed by atoms with Crippen LogP contribution in [0, 0.1) is 6.92 Å². The molecule has 0 saturated carbocycles. The Morgan fingerprint density at radius 1 is 1.43 bits per heavy atom. The number of ether oxygens (including phenoxy) is 1. The molecule has 0 spiro atoms. The van der Waals surface area contributed by atoms with Gasteiger partial charge in [0.15, 0.2) is 0 Å². The van der Waals surface area contributed by atoms with Crippen LogP contribution < -0.4 is 5.73 Å². The minimum absolute atomic E-state index is 0.158. The molecule has 1 atom stereocenters. The van der Waals surface area contributed by atoms with Gasteiger partial charge in [-0.05, 0) is 25.5 Å². The van der Waals surface area contributed by atoms with Crippen molar-refractivity contribution < 1.29 is 33.3 Å². The van der Waals surface area contributed by atoms with Crippen molar-refractivity contribution in [3.05, 3.63) is 28.8 Å². The van der Waals surface area contributed by atoms with Crippen molar-refractivity contribution >= 4 is 11.9 Å². The molecule has 21 heavy (non-hydrogen) atoms. The van der Waals surface area contributed by atoms with Crippen LogP contribution in [-0.2, 0) is 9.53 Å². The molecule has 6 nitrogen and oxygen atoms in total. The third kappa shape index (κ3) is 3.10. The van der Waals surface area contributed by atoms with E-state index >= 15 is 0 Å². The van der Waals surface area contributed by atoms with Crippen LogP contribution in [0.4, 0.5) is 8.78 Å². The van der Waals surface area contributed by atoms with E-state index in [4.69, 9.17) is 10.8 Å². The van der Waals surface area contributed by atoms with E-state index in [9.17, 15) is 23.5 Å². The van der Waals surface area contributed by atoms with Crippen LogP contribution in [0.25, 0.3) is 0 Å². The van der Waals surface area contributed by atoms with Crippen molar-refractivity contribution in [1.82, 2.24) is 0 Å². The van der Waals surface area contributed by atoms with Gasteiger partial charge in [-0.15, -0.1) is 0 Å². The second-order valence-electron chi connectivity index (χ2n) is 4.32. The third-order valence-electron chi connectivity index (χ3n) is 2.90. The number of phenols is 1. The summed E-state index contributed by atoms with van der Waals surface area (Å²) in [6, 6.07) is -0.0618. The Labute approximate surface area is 119 Å². The van der Waals surface area contributed by atoms with Crippen molar-refractivity contribution in [2.75, 3.05) is 6.61 Å². The number of alkyl halides is 2. The average molecular weight is 303 g/mol. The van der Waals surface area contributed by atoms with E-state index in [0.29, 0.717) is 0 Å². The summed E-state index contributed by atoms with van der Waals surface area (Å²) in [6.07, 6.45) is 0. The molecule has 1 aromatic carbocycles. The molecule has 0 bridgehead atoms. The number of carboxylic acid groups (broad SMARTS) is 1. The van der Waals surface area contributed by atoms with Crippen molar-refractivity contribution in [3.8, 4) is 5.75 Å². The number of aryl methyl sites for hydroxylation is 1. The summed E-state index contributed by atoms with van der Waals surface area (Å²) < 4.78 is 32.1. The first-order valence-electron chi connectivity index (χ1n) is 6.00. The smallest absolute Gasteiger partial charge is 0.379 e. The molecule has 0 heterocycles. The fraction of sp³-hybridized carbons (Fsp3) is 0.385. The van der Waals surface area contributed by atoms with E-state index < -0.39 is 40.8 Å². The van der Waals surface area contributed by atoms with Gasteiger partial charge in [-0.25, -0.2) is 9.59 Å². The second kappa shape index (κ2) is 6.04. The highest BCUT2D eigenvalue weighted by atomic mass is 19.3. The summed E-state index contributed by atoms with van der Waals surface area (Å²) in [5.74, 6) is -8.29. The van der Waals surface area contributed by atoms with Crippen LogP contribution in [0.2, 0.25) is 0 Å². The van der Waals surface area contributed by atoms with Crippen LogP contribution >= 0.6 is 0 Å². The Kier molecular flexibility index (Phi) is 4.84. The van der Waals surface area contributed by atoms with Crippen molar-refractivity contribution in [1.29, 1.82) is 0 Å². The summed E-state index contributed by atoms with van der Waals surface area (Å²) in [4.78, 5) is 22.4. The quantitative estimate of drug-likeness (QED) is 0.713. The van der Waals surface area contributed by atoms with Gasteiger partial charge in [0.25, 0.3) is 0 Å². The first kappa shape index (κ1) is 16.8. The fourth-order valence-electron chi connectivity index (χ4n) is 1.75. The molecule has 0 unspecified atom stereocenters. The molecule has 4 N–H and O–H groups in total. The maximum atomic E-state index is 13.9. The first-order chi connectivity index (χ1) is 9.64. The van der Waals surface area contributed by atoms with E-state index in [1.807, 2.05) is 0 Å². The lowest BCUT2D eigenvalue weighted by atomic mass is 9.93. The Morgan fingerprint density at radius 2 is 2.00 bits per heavy atom. The predicted molar refractivity (Wildman–Crippen MR) is 68.3 cm³/mol. The predicted octanol–water partition coefficient (Wildman–Crippen LogP) is 1.60. The Bertz CT molecular complexity index is 574. The van der Waals surface area contributed by atoms with Crippen LogP contribution in [0.5, 0.6) is 5.75 Å². The van der Waals surface area contributed by atoms with Crippen molar-refractivity contribution in [2.45, 2.75) is 25.8 Å². The lowest BCUT2D eigenvalue weighted by Crippen LogP contribution is -2.42.